The third-order valence-corrected chi connectivity index (χ3v) is 8.94. The van der Waals surface area contributed by atoms with Crippen molar-refractivity contribution in [2.24, 2.45) is 5.92 Å². The summed E-state index contributed by atoms with van der Waals surface area (Å²) in [6.45, 7) is 10.2. The van der Waals surface area contributed by atoms with Crippen molar-refractivity contribution < 1.29 is 13.2 Å². The Kier molecular flexibility index (Phi) is 7.87. The van der Waals surface area contributed by atoms with E-state index < -0.39 is 10.0 Å². The molecule has 1 amide bonds. The number of likely N-dealkylation sites (N-methyl/N-ethyl adjacent to an activating group) is 1. The lowest BCUT2D eigenvalue weighted by Gasteiger charge is -2.34. The molecule has 9 heteroatoms. The number of nitrogens with one attached hydrogen (secondary N) is 1. The molecule has 0 aliphatic carbocycles. The van der Waals surface area contributed by atoms with Gasteiger partial charge in [-0.1, -0.05) is 13.0 Å². The zero-order valence-electron chi connectivity index (χ0n) is 16.7. The van der Waals surface area contributed by atoms with E-state index in [9.17, 15) is 13.2 Å². The van der Waals surface area contributed by atoms with E-state index >= 15 is 0 Å². The second kappa shape index (κ2) is 10.2. The average molecular weight is 429 g/mol. The third kappa shape index (κ3) is 5.54. The normalized spacial score (nSPS) is 23.0. The van der Waals surface area contributed by atoms with Crippen LogP contribution in [0, 0.1) is 5.92 Å². The number of sulfonamides is 1. The molecule has 2 saturated heterocycles. The third-order valence-electron chi connectivity index (χ3n) is 5.71. The van der Waals surface area contributed by atoms with Crippen LogP contribution in [0.15, 0.2) is 21.7 Å². The molecular weight excluding hydrogens is 396 g/mol. The van der Waals surface area contributed by atoms with Gasteiger partial charge < -0.3 is 15.1 Å². The number of hydrogen-bond donors (Lipinski definition) is 1. The minimum Gasteiger partial charge on any atom is -0.356 e. The summed E-state index contributed by atoms with van der Waals surface area (Å²) in [5.41, 5.74) is 0. The molecule has 2 aliphatic heterocycles. The van der Waals surface area contributed by atoms with Crippen LogP contribution in [0.3, 0.4) is 0 Å². The van der Waals surface area contributed by atoms with Crippen molar-refractivity contribution in [1.82, 2.24) is 19.4 Å². The topological polar surface area (TPSA) is 73.0 Å². The van der Waals surface area contributed by atoms with Crippen molar-refractivity contribution >= 4 is 27.3 Å². The molecule has 3 rings (SSSR count). The summed E-state index contributed by atoms with van der Waals surface area (Å²) in [6, 6.07) is 3.37. The summed E-state index contributed by atoms with van der Waals surface area (Å²) in [6.07, 6.45) is 2.41. The van der Waals surface area contributed by atoms with Gasteiger partial charge >= 0.3 is 0 Å². The van der Waals surface area contributed by atoms with Gasteiger partial charge in [0.2, 0.25) is 5.91 Å². The molecule has 1 atom stereocenters. The fourth-order valence-corrected chi connectivity index (χ4v) is 6.57. The molecule has 2 aliphatic rings. The van der Waals surface area contributed by atoms with Crippen LogP contribution in [0.5, 0.6) is 0 Å². The van der Waals surface area contributed by atoms with E-state index in [0.29, 0.717) is 17.3 Å². The van der Waals surface area contributed by atoms with E-state index in [-0.39, 0.29) is 18.4 Å². The van der Waals surface area contributed by atoms with Gasteiger partial charge in [-0.2, -0.15) is 4.31 Å². The minimum atomic E-state index is -3.47. The molecule has 2 fully saturated rings. The standard InChI is InChI=1S/C19H32N4O3S2/c1-2-21-11-13-22(14-12-21)9-5-8-20-19(24)17-6-3-10-23(16-17)28(25,26)18-7-4-15-27-18/h4,7,15,17H,2-3,5-6,8-14,16H2,1H3,(H,20,24). The number of carbonyl (C=O) groups excluding carboxylic acids is 1. The van der Waals surface area contributed by atoms with Crippen LogP contribution in [0.4, 0.5) is 0 Å². The Morgan fingerprint density at radius 2 is 1.96 bits per heavy atom. The predicted molar refractivity (Wildman–Crippen MR) is 112 cm³/mol. The second-order valence-corrected chi connectivity index (χ2v) is 10.7. The Labute approximate surface area is 172 Å². The number of piperazine rings is 1. The zero-order valence-corrected chi connectivity index (χ0v) is 18.3. The van der Waals surface area contributed by atoms with Crippen molar-refractivity contribution in [2.75, 3.05) is 58.9 Å². The fourth-order valence-electron chi connectivity index (χ4n) is 3.90. The molecule has 1 unspecified atom stereocenters. The van der Waals surface area contributed by atoms with Crippen LogP contribution in [-0.2, 0) is 14.8 Å². The summed E-state index contributed by atoms with van der Waals surface area (Å²) in [5.74, 6) is -0.265. The summed E-state index contributed by atoms with van der Waals surface area (Å²) >= 11 is 1.23. The molecule has 28 heavy (non-hydrogen) atoms. The molecule has 1 aromatic heterocycles. The molecule has 0 saturated carbocycles. The number of nitrogens with zero attached hydrogens (tertiary/aromatic N) is 3. The maximum absolute atomic E-state index is 12.7. The lowest BCUT2D eigenvalue weighted by Crippen LogP contribution is -2.47. The maximum Gasteiger partial charge on any atom is 0.252 e. The Balaban J connectivity index is 1.40. The van der Waals surface area contributed by atoms with Crippen LogP contribution in [0.1, 0.15) is 26.2 Å². The highest BCUT2D eigenvalue weighted by atomic mass is 32.2. The first-order chi connectivity index (χ1) is 13.5. The minimum absolute atomic E-state index is 0.0121. The van der Waals surface area contributed by atoms with Crippen molar-refractivity contribution in [3.05, 3.63) is 17.5 Å². The highest BCUT2D eigenvalue weighted by Crippen LogP contribution is 2.26. The zero-order chi connectivity index (χ0) is 20.0. The maximum atomic E-state index is 12.7. The van der Waals surface area contributed by atoms with Crippen molar-refractivity contribution in [2.45, 2.75) is 30.4 Å². The number of carbonyl (C=O) groups is 1. The Morgan fingerprint density at radius 1 is 1.21 bits per heavy atom. The molecule has 7 nitrogen and oxygen atoms in total. The summed E-state index contributed by atoms with van der Waals surface area (Å²) in [4.78, 5) is 17.4. The lowest BCUT2D eigenvalue weighted by atomic mass is 9.99. The number of hydrogen-bond acceptors (Lipinski definition) is 6. The molecular formula is C19H32N4O3S2. The van der Waals surface area contributed by atoms with Crippen LogP contribution in [-0.4, -0.2) is 87.3 Å². The van der Waals surface area contributed by atoms with E-state index in [4.69, 9.17) is 0 Å². The van der Waals surface area contributed by atoms with Crippen LogP contribution < -0.4 is 5.32 Å². The van der Waals surface area contributed by atoms with Gasteiger partial charge in [-0.25, -0.2) is 8.42 Å². The van der Waals surface area contributed by atoms with Crippen molar-refractivity contribution in [1.29, 1.82) is 0 Å². The van der Waals surface area contributed by atoms with E-state index in [0.717, 1.165) is 58.5 Å². The van der Waals surface area contributed by atoms with Gasteiger partial charge in [0, 0.05) is 45.8 Å². The number of thiophene rings is 1. The average Bonchev–Trinajstić information content (AvgIpc) is 3.27. The first kappa shape index (κ1) is 21.7. The van der Waals surface area contributed by atoms with E-state index in [1.165, 1.54) is 15.6 Å². The molecule has 0 aromatic carbocycles. The number of piperidine rings is 1. The molecule has 0 bridgehead atoms. The Bertz CT molecular complexity index is 716. The van der Waals surface area contributed by atoms with Gasteiger partial charge in [0.15, 0.2) is 0 Å². The van der Waals surface area contributed by atoms with Gasteiger partial charge in [0.1, 0.15) is 4.21 Å². The smallest absolute Gasteiger partial charge is 0.252 e. The van der Waals surface area contributed by atoms with Gasteiger partial charge in [-0.15, -0.1) is 11.3 Å². The van der Waals surface area contributed by atoms with Crippen LogP contribution in [0.2, 0.25) is 0 Å². The lowest BCUT2D eigenvalue weighted by molar-refractivity contribution is -0.126. The van der Waals surface area contributed by atoms with Crippen LogP contribution in [0.25, 0.3) is 0 Å². The summed E-state index contributed by atoms with van der Waals surface area (Å²) < 4.78 is 27.2. The summed E-state index contributed by atoms with van der Waals surface area (Å²) in [7, 11) is -3.47. The molecule has 0 radical (unpaired) electrons. The fraction of sp³-hybridized carbons (Fsp3) is 0.737. The van der Waals surface area contributed by atoms with Gasteiger partial charge in [-0.05, 0) is 43.8 Å². The molecule has 1 aromatic rings. The summed E-state index contributed by atoms with van der Waals surface area (Å²) in [5, 5.41) is 4.79. The molecule has 3 heterocycles. The number of amides is 1. The first-order valence-electron chi connectivity index (χ1n) is 10.3. The van der Waals surface area contributed by atoms with Gasteiger partial charge in [0.05, 0.1) is 5.92 Å². The van der Waals surface area contributed by atoms with E-state index in [1.54, 1.807) is 17.5 Å². The van der Waals surface area contributed by atoms with E-state index in [1.807, 2.05) is 0 Å². The molecule has 158 valence electrons. The molecule has 0 spiro atoms. The van der Waals surface area contributed by atoms with E-state index in [2.05, 4.69) is 22.0 Å². The molecule has 1 N–H and O–H groups in total. The number of rotatable bonds is 8. The van der Waals surface area contributed by atoms with Crippen molar-refractivity contribution in [3.63, 3.8) is 0 Å². The quantitative estimate of drug-likeness (QED) is 0.632. The first-order valence-corrected chi connectivity index (χ1v) is 12.6. The monoisotopic (exact) mass is 428 g/mol. The van der Waals surface area contributed by atoms with Gasteiger partial charge in [-0.3, -0.25) is 4.79 Å². The Morgan fingerprint density at radius 3 is 2.64 bits per heavy atom. The van der Waals surface area contributed by atoms with Gasteiger partial charge in [0.25, 0.3) is 10.0 Å². The van der Waals surface area contributed by atoms with Crippen LogP contribution >= 0.6 is 11.3 Å². The highest BCUT2D eigenvalue weighted by molar-refractivity contribution is 7.91. The largest absolute Gasteiger partial charge is 0.356 e. The Hall–Kier alpha value is -1.00. The second-order valence-electron chi connectivity index (χ2n) is 7.55. The van der Waals surface area contributed by atoms with Crippen molar-refractivity contribution in [3.8, 4) is 0 Å². The SMILES string of the molecule is CCN1CCN(CCCNC(=O)C2CCCN(S(=O)(=O)c3cccs3)C2)CC1. The highest BCUT2D eigenvalue weighted by Gasteiger charge is 2.33. The predicted octanol–water partition coefficient (Wildman–Crippen LogP) is 1.29.